The van der Waals surface area contributed by atoms with E-state index in [0.717, 1.165) is 25.2 Å². The van der Waals surface area contributed by atoms with Crippen LogP contribution in [0.4, 0.5) is 0 Å². The van der Waals surface area contributed by atoms with E-state index in [4.69, 9.17) is 0 Å². The lowest BCUT2D eigenvalue weighted by Crippen LogP contribution is -2.39. The molecule has 0 spiro atoms. The Morgan fingerprint density at radius 3 is 2.88 bits per heavy atom. The quantitative estimate of drug-likeness (QED) is 0.721. The maximum atomic E-state index is 12.1. The van der Waals surface area contributed by atoms with Crippen LogP contribution in [0.15, 0.2) is 12.1 Å². The first-order chi connectivity index (χ1) is 7.66. The monoisotopic (exact) mass is 219 g/mol. The van der Waals surface area contributed by atoms with Gasteiger partial charge in [0.2, 0.25) is 0 Å². The predicted molar refractivity (Wildman–Crippen MR) is 61.1 cm³/mol. The van der Waals surface area contributed by atoms with Gasteiger partial charge in [-0.1, -0.05) is 6.92 Å². The molecule has 1 atom stereocenters. The first-order valence-corrected chi connectivity index (χ1v) is 5.76. The zero-order valence-electron chi connectivity index (χ0n) is 9.81. The Balaban J connectivity index is 2.09. The van der Waals surface area contributed by atoms with Crippen molar-refractivity contribution in [1.82, 2.24) is 15.1 Å². The van der Waals surface area contributed by atoms with Crippen LogP contribution >= 0.6 is 0 Å². The van der Waals surface area contributed by atoms with Crippen LogP contribution in [-0.4, -0.2) is 34.1 Å². The standard InChI is InChI=1S/C12H17N3O/c1-9-4-3-7-15(8-9)12(16)11-6-5-10(2)13-14-11/h5-6,9H,3-4,7-8H2,1-2H3. The summed E-state index contributed by atoms with van der Waals surface area (Å²) in [6, 6.07) is 3.58. The lowest BCUT2D eigenvalue weighted by molar-refractivity contribution is 0.0676. The maximum Gasteiger partial charge on any atom is 0.274 e. The molecular formula is C12H17N3O. The van der Waals surface area contributed by atoms with Gasteiger partial charge in [-0.2, -0.15) is 5.10 Å². The Morgan fingerprint density at radius 1 is 1.44 bits per heavy atom. The summed E-state index contributed by atoms with van der Waals surface area (Å²) in [6.45, 7) is 5.73. The summed E-state index contributed by atoms with van der Waals surface area (Å²) in [5.41, 5.74) is 1.29. The van der Waals surface area contributed by atoms with E-state index < -0.39 is 0 Å². The Bertz CT molecular complexity index is 374. The summed E-state index contributed by atoms with van der Waals surface area (Å²) < 4.78 is 0. The largest absolute Gasteiger partial charge is 0.337 e. The van der Waals surface area contributed by atoms with Gasteiger partial charge in [0, 0.05) is 13.1 Å². The molecule has 0 radical (unpaired) electrons. The lowest BCUT2D eigenvalue weighted by Gasteiger charge is -2.30. The number of carbonyl (C=O) groups is 1. The second-order valence-corrected chi connectivity index (χ2v) is 4.56. The Hall–Kier alpha value is -1.45. The zero-order chi connectivity index (χ0) is 11.5. The highest BCUT2D eigenvalue weighted by molar-refractivity contribution is 5.92. The first-order valence-electron chi connectivity index (χ1n) is 5.76. The molecule has 0 saturated carbocycles. The van der Waals surface area contributed by atoms with E-state index in [9.17, 15) is 4.79 Å². The highest BCUT2D eigenvalue weighted by Crippen LogP contribution is 2.17. The second-order valence-electron chi connectivity index (χ2n) is 4.56. The van der Waals surface area contributed by atoms with Crippen LogP contribution in [0.25, 0.3) is 0 Å². The number of piperidine rings is 1. The van der Waals surface area contributed by atoms with Crippen molar-refractivity contribution in [3.8, 4) is 0 Å². The van der Waals surface area contributed by atoms with Crippen LogP contribution in [0.3, 0.4) is 0 Å². The van der Waals surface area contributed by atoms with Crippen molar-refractivity contribution >= 4 is 5.91 Å². The molecular weight excluding hydrogens is 202 g/mol. The molecule has 4 nitrogen and oxygen atoms in total. The van der Waals surface area contributed by atoms with E-state index in [0.29, 0.717) is 11.6 Å². The molecule has 1 saturated heterocycles. The fraction of sp³-hybridized carbons (Fsp3) is 0.583. The number of aromatic nitrogens is 2. The molecule has 4 heteroatoms. The average Bonchev–Trinajstić information content (AvgIpc) is 2.29. The van der Waals surface area contributed by atoms with E-state index in [2.05, 4.69) is 17.1 Å². The topological polar surface area (TPSA) is 46.1 Å². The van der Waals surface area contributed by atoms with E-state index >= 15 is 0 Å². The highest BCUT2D eigenvalue weighted by atomic mass is 16.2. The van der Waals surface area contributed by atoms with Gasteiger partial charge >= 0.3 is 0 Å². The summed E-state index contributed by atoms with van der Waals surface area (Å²) in [6.07, 6.45) is 2.30. The molecule has 1 amide bonds. The second kappa shape index (κ2) is 4.60. The molecule has 0 aromatic carbocycles. The van der Waals surface area contributed by atoms with Gasteiger partial charge in [-0.25, -0.2) is 0 Å². The van der Waals surface area contributed by atoms with E-state index in [1.807, 2.05) is 17.9 Å². The Labute approximate surface area is 95.7 Å². The molecule has 1 aromatic rings. The van der Waals surface area contributed by atoms with Gasteiger partial charge < -0.3 is 4.90 Å². The van der Waals surface area contributed by atoms with Crippen molar-refractivity contribution in [3.05, 3.63) is 23.5 Å². The molecule has 86 valence electrons. The molecule has 1 unspecified atom stereocenters. The van der Waals surface area contributed by atoms with Crippen LogP contribution in [0.1, 0.15) is 35.9 Å². The average molecular weight is 219 g/mol. The first kappa shape index (κ1) is 11.0. The maximum absolute atomic E-state index is 12.1. The van der Waals surface area contributed by atoms with Crippen molar-refractivity contribution in [3.63, 3.8) is 0 Å². The molecule has 1 aliphatic rings. The van der Waals surface area contributed by atoms with Crippen LogP contribution in [0.5, 0.6) is 0 Å². The smallest absolute Gasteiger partial charge is 0.274 e. The number of carbonyl (C=O) groups excluding carboxylic acids is 1. The number of amides is 1. The summed E-state index contributed by atoms with van der Waals surface area (Å²) >= 11 is 0. The molecule has 0 bridgehead atoms. The third kappa shape index (κ3) is 2.38. The summed E-state index contributed by atoms with van der Waals surface area (Å²) in [4.78, 5) is 14.0. The lowest BCUT2D eigenvalue weighted by atomic mass is 10.00. The molecule has 1 aliphatic heterocycles. The summed E-state index contributed by atoms with van der Waals surface area (Å²) in [5, 5.41) is 7.85. The fourth-order valence-electron chi connectivity index (χ4n) is 2.05. The molecule has 0 N–H and O–H groups in total. The molecule has 2 heterocycles. The van der Waals surface area contributed by atoms with Gasteiger partial charge in [0.15, 0.2) is 5.69 Å². The van der Waals surface area contributed by atoms with Crippen molar-refractivity contribution in [2.75, 3.05) is 13.1 Å². The molecule has 1 aromatic heterocycles. The zero-order valence-corrected chi connectivity index (χ0v) is 9.81. The minimum atomic E-state index is 0.0130. The van der Waals surface area contributed by atoms with Crippen LogP contribution < -0.4 is 0 Å². The number of nitrogens with zero attached hydrogens (tertiary/aromatic N) is 3. The minimum absolute atomic E-state index is 0.0130. The Kier molecular flexibility index (Phi) is 3.17. The summed E-state index contributed by atoms with van der Waals surface area (Å²) in [7, 11) is 0. The number of likely N-dealkylation sites (tertiary alicyclic amines) is 1. The SMILES string of the molecule is Cc1ccc(C(=O)N2CCCC(C)C2)nn1. The van der Waals surface area contributed by atoms with Crippen LogP contribution in [0, 0.1) is 12.8 Å². The van der Waals surface area contributed by atoms with Gasteiger partial charge in [0.25, 0.3) is 5.91 Å². The normalized spacial score (nSPS) is 20.9. The minimum Gasteiger partial charge on any atom is -0.337 e. The van der Waals surface area contributed by atoms with Gasteiger partial charge in [-0.05, 0) is 37.8 Å². The van der Waals surface area contributed by atoms with Gasteiger partial charge in [0.05, 0.1) is 5.69 Å². The number of rotatable bonds is 1. The van der Waals surface area contributed by atoms with Crippen LogP contribution in [-0.2, 0) is 0 Å². The third-order valence-corrected chi connectivity index (χ3v) is 2.96. The van der Waals surface area contributed by atoms with E-state index in [-0.39, 0.29) is 5.91 Å². The van der Waals surface area contributed by atoms with Crippen molar-refractivity contribution in [2.45, 2.75) is 26.7 Å². The van der Waals surface area contributed by atoms with Crippen molar-refractivity contribution in [1.29, 1.82) is 0 Å². The fourth-order valence-corrected chi connectivity index (χ4v) is 2.05. The predicted octanol–water partition coefficient (Wildman–Crippen LogP) is 1.66. The molecule has 2 rings (SSSR count). The van der Waals surface area contributed by atoms with E-state index in [1.54, 1.807) is 6.07 Å². The number of hydrogen-bond acceptors (Lipinski definition) is 3. The van der Waals surface area contributed by atoms with Gasteiger partial charge in [0.1, 0.15) is 0 Å². The molecule has 0 aliphatic carbocycles. The Morgan fingerprint density at radius 2 is 2.25 bits per heavy atom. The van der Waals surface area contributed by atoms with Crippen LogP contribution in [0.2, 0.25) is 0 Å². The molecule has 16 heavy (non-hydrogen) atoms. The van der Waals surface area contributed by atoms with Crippen molar-refractivity contribution < 1.29 is 4.79 Å². The van der Waals surface area contributed by atoms with Gasteiger partial charge in [-0.15, -0.1) is 5.10 Å². The van der Waals surface area contributed by atoms with Gasteiger partial charge in [-0.3, -0.25) is 4.79 Å². The third-order valence-electron chi connectivity index (χ3n) is 2.96. The van der Waals surface area contributed by atoms with E-state index in [1.165, 1.54) is 6.42 Å². The number of hydrogen-bond donors (Lipinski definition) is 0. The highest BCUT2D eigenvalue weighted by Gasteiger charge is 2.22. The summed E-state index contributed by atoms with van der Waals surface area (Å²) in [5.74, 6) is 0.607. The molecule has 1 fully saturated rings. The van der Waals surface area contributed by atoms with Crippen molar-refractivity contribution in [2.24, 2.45) is 5.92 Å². The number of aryl methyl sites for hydroxylation is 1.